The molecule has 2 aromatic carbocycles. The Balaban J connectivity index is 1.37. The van der Waals surface area contributed by atoms with Gasteiger partial charge in [0.25, 0.3) is 0 Å². The highest BCUT2D eigenvalue weighted by atomic mass is 32.2. The minimum Gasteiger partial charge on any atom is -0.496 e. The number of aryl methyl sites for hydroxylation is 2. The standard InChI is InChI=1S/C25H32N2O4S/c1-18(23-9-5-6-10-24(23)31-2)26-25(28)20-13-15-27(16-14-20)32(29,30)22-12-11-19-7-3-4-8-21(19)17-22/h5-6,9-12,17-18,20H,3-4,7-8,13-16H2,1-2H3,(H,26,28). The number of benzene rings is 2. The molecular formula is C25H32N2O4S. The SMILES string of the molecule is COc1ccccc1C(C)NC(=O)C1CCN(S(=O)(=O)c2ccc3c(c2)CCCC3)CC1. The van der Waals surface area contributed by atoms with Crippen molar-refractivity contribution < 1.29 is 17.9 Å². The van der Waals surface area contributed by atoms with Crippen LogP contribution in [0.15, 0.2) is 47.4 Å². The number of ether oxygens (including phenoxy) is 1. The third-order valence-electron chi connectivity index (χ3n) is 6.75. The summed E-state index contributed by atoms with van der Waals surface area (Å²) in [7, 11) is -1.92. The van der Waals surface area contributed by atoms with E-state index in [0.29, 0.717) is 30.8 Å². The summed E-state index contributed by atoms with van der Waals surface area (Å²) in [6, 6.07) is 13.0. The van der Waals surface area contributed by atoms with E-state index in [0.717, 1.165) is 36.1 Å². The fourth-order valence-corrected chi connectivity index (χ4v) is 6.33. The van der Waals surface area contributed by atoms with E-state index in [2.05, 4.69) is 5.32 Å². The maximum absolute atomic E-state index is 13.2. The van der Waals surface area contributed by atoms with Crippen molar-refractivity contribution in [1.29, 1.82) is 0 Å². The molecule has 1 aliphatic heterocycles. The van der Waals surface area contributed by atoms with Crippen LogP contribution in [0.4, 0.5) is 0 Å². The van der Waals surface area contributed by atoms with Crippen LogP contribution in [0.3, 0.4) is 0 Å². The molecule has 1 amide bonds. The highest BCUT2D eigenvalue weighted by molar-refractivity contribution is 7.89. The molecule has 172 valence electrons. The van der Waals surface area contributed by atoms with Gasteiger partial charge < -0.3 is 10.1 Å². The zero-order valence-corrected chi connectivity index (χ0v) is 19.7. The Labute approximate surface area is 191 Å². The molecule has 1 N–H and O–H groups in total. The lowest BCUT2D eigenvalue weighted by Gasteiger charge is -2.31. The first-order valence-corrected chi connectivity index (χ1v) is 12.9. The number of rotatable bonds is 6. The van der Waals surface area contributed by atoms with E-state index in [1.807, 2.05) is 43.3 Å². The molecule has 7 heteroatoms. The van der Waals surface area contributed by atoms with Crippen molar-refractivity contribution in [2.24, 2.45) is 5.92 Å². The Morgan fingerprint density at radius 2 is 1.75 bits per heavy atom. The number of sulfonamides is 1. The van der Waals surface area contributed by atoms with Crippen molar-refractivity contribution in [1.82, 2.24) is 9.62 Å². The third-order valence-corrected chi connectivity index (χ3v) is 8.64. The van der Waals surface area contributed by atoms with E-state index in [1.54, 1.807) is 13.2 Å². The molecule has 6 nitrogen and oxygen atoms in total. The zero-order valence-electron chi connectivity index (χ0n) is 18.8. The molecule has 1 saturated heterocycles. The number of nitrogens with one attached hydrogen (secondary N) is 1. The summed E-state index contributed by atoms with van der Waals surface area (Å²) in [4.78, 5) is 13.2. The topological polar surface area (TPSA) is 75.7 Å². The average molecular weight is 457 g/mol. The minimum atomic E-state index is -3.53. The second-order valence-corrected chi connectivity index (χ2v) is 10.7. The second-order valence-electron chi connectivity index (χ2n) is 8.79. The van der Waals surface area contributed by atoms with Gasteiger partial charge in [-0.2, -0.15) is 4.31 Å². The highest BCUT2D eigenvalue weighted by Gasteiger charge is 2.33. The van der Waals surface area contributed by atoms with Gasteiger partial charge in [-0.25, -0.2) is 8.42 Å². The van der Waals surface area contributed by atoms with Crippen LogP contribution in [0.5, 0.6) is 5.75 Å². The third kappa shape index (κ3) is 4.69. The number of methoxy groups -OCH3 is 1. The first-order chi connectivity index (χ1) is 15.4. The molecule has 1 atom stereocenters. The fourth-order valence-electron chi connectivity index (χ4n) is 4.81. The van der Waals surface area contributed by atoms with Gasteiger partial charge in [0.2, 0.25) is 15.9 Å². The molecule has 1 unspecified atom stereocenters. The molecule has 32 heavy (non-hydrogen) atoms. The van der Waals surface area contributed by atoms with E-state index >= 15 is 0 Å². The van der Waals surface area contributed by atoms with E-state index < -0.39 is 10.0 Å². The van der Waals surface area contributed by atoms with Crippen LogP contribution >= 0.6 is 0 Å². The lowest BCUT2D eigenvalue weighted by molar-refractivity contribution is -0.126. The molecule has 0 spiro atoms. The van der Waals surface area contributed by atoms with Crippen molar-refractivity contribution in [2.45, 2.75) is 56.4 Å². The molecule has 1 aliphatic carbocycles. The quantitative estimate of drug-likeness (QED) is 0.716. The maximum atomic E-state index is 13.2. The predicted octanol–water partition coefficient (Wildman–Crippen LogP) is 3.85. The van der Waals surface area contributed by atoms with Crippen LogP contribution in [-0.2, 0) is 27.7 Å². The summed E-state index contributed by atoms with van der Waals surface area (Å²) in [5.74, 6) is 0.516. The molecule has 0 aromatic heterocycles. The van der Waals surface area contributed by atoms with E-state index in [-0.39, 0.29) is 17.9 Å². The van der Waals surface area contributed by atoms with Gasteiger partial charge in [-0.1, -0.05) is 24.3 Å². The van der Waals surface area contributed by atoms with Gasteiger partial charge in [0, 0.05) is 24.6 Å². The van der Waals surface area contributed by atoms with Crippen molar-refractivity contribution in [3.63, 3.8) is 0 Å². The van der Waals surface area contributed by atoms with Crippen LogP contribution in [-0.4, -0.2) is 38.8 Å². The van der Waals surface area contributed by atoms with E-state index in [1.165, 1.54) is 16.3 Å². The summed E-state index contributed by atoms with van der Waals surface area (Å²) in [5.41, 5.74) is 3.36. The van der Waals surface area contributed by atoms with Crippen molar-refractivity contribution in [3.05, 3.63) is 59.2 Å². The number of piperidine rings is 1. The Bertz CT molecular complexity index is 1080. The summed E-state index contributed by atoms with van der Waals surface area (Å²) in [5, 5.41) is 3.07. The molecule has 1 heterocycles. The lowest BCUT2D eigenvalue weighted by Crippen LogP contribution is -2.43. The van der Waals surface area contributed by atoms with Gasteiger partial charge in [-0.3, -0.25) is 4.79 Å². The lowest BCUT2D eigenvalue weighted by atomic mass is 9.92. The number of nitrogens with zero attached hydrogens (tertiary/aromatic N) is 1. The highest BCUT2D eigenvalue weighted by Crippen LogP contribution is 2.29. The normalized spacial score (nSPS) is 18.6. The molecule has 2 aromatic rings. The molecular weight excluding hydrogens is 424 g/mol. The summed E-state index contributed by atoms with van der Waals surface area (Å²) < 4.78 is 33.3. The molecule has 0 bridgehead atoms. The monoisotopic (exact) mass is 456 g/mol. The minimum absolute atomic E-state index is 0.0331. The largest absolute Gasteiger partial charge is 0.496 e. The number of carbonyl (C=O) groups is 1. The molecule has 0 saturated carbocycles. The number of hydrogen-bond acceptors (Lipinski definition) is 4. The second kappa shape index (κ2) is 9.63. The molecule has 2 aliphatic rings. The number of amides is 1. The number of fused-ring (bicyclic) bond motifs is 1. The maximum Gasteiger partial charge on any atom is 0.243 e. The van der Waals surface area contributed by atoms with Crippen LogP contribution in [0, 0.1) is 5.92 Å². The Morgan fingerprint density at radius 3 is 2.47 bits per heavy atom. The Hall–Kier alpha value is -2.38. The van der Waals surface area contributed by atoms with Gasteiger partial charge in [0.15, 0.2) is 0 Å². The van der Waals surface area contributed by atoms with Crippen LogP contribution < -0.4 is 10.1 Å². The van der Waals surface area contributed by atoms with Crippen molar-refractivity contribution >= 4 is 15.9 Å². The summed E-state index contributed by atoms with van der Waals surface area (Å²) in [6.45, 7) is 2.66. The Kier molecular flexibility index (Phi) is 6.86. The van der Waals surface area contributed by atoms with E-state index in [9.17, 15) is 13.2 Å². The van der Waals surface area contributed by atoms with Gasteiger partial charge in [0.05, 0.1) is 18.0 Å². The summed E-state index contributed by atoms with van der Waals surface area (Å²) >= 11 is 0. The van der Waals surface area contributed by atoms with Gasteiger partial charge in [-0.05, 0) is 74.8 Å². The number of hydrogen-bond donors (Lipinski definition) is 1. The molecule has 4 rings (SSSR count). The first kappa shape index (κ1) is 22.8. The fraction of sp³-hybridized carbons (Fsp3) is 0.480. The van der Waals surface area contributed by atoms with Crippen LogP contribution in [0.2, 0.25) is 0 Å². The summed E-state index contributed by atoms with van der Waals surface area (Å²) in [6.07, 6.45) is 5.31. The van der Waals surface area contributed by atoms with Gasteiger partial charge in [0.1, 0.15) is 5.75 Å². The van der Waals surface area contributed by atoms with Crippen molar-refractivity contribution in [3.8, 4) is 5.75 Å². The molecule has 0 radical (unpaired) electrons. The smallest absolute Gasteiger partial charge is 0.243 e. The predicted molar refractivity (Wildman–Crippen MR) is 124 cm³/mol. The van der Waals surface area contributed by atoms with E-state index in [4.69, 9.17) is 4.74 Å². The number of carbonyl (C=O) groups excluding carboxylic acids is 1. The van der Waals surface area contributed by atoms with Gasteiger partial charge >= 0.3 is 0 Å². The zero-order chi connectivity index (χ0) is 22.7. The first-order valence-electron chi connectivity index (χ1n) is 11.5. The Morgan fingerprint density at radius 1 is 1.06 bits per heavy atom. The number of para-hydroxylation sites is 1. The van der Waals surface area contributed by atoms with Crippen LogP contribution in [0.25, 0.3) is 0 Å². The molecule has 1 fully saturated rings. The average Bonchev–Trinajstić information content (AvgIpc) is 2.83. The van der Waals surface area contributed by atoms with Crippen LogP contribution in [0.1, 0.15) is 55.3 Å². The van der Waals surface area contributed by atoms with Gasteiger partial charge in [-0.15, -0.1) is 0 Å². The van der Waals surface area contributed by atoms with Crippen molar-refractivity contribution in [2.75, 3.05) is 20.2 Å².